The molecule has 0 unspecified atom stereocenters. The van der Waals surface area contributed by atoms with Gasteiger partial charge in [-0.25, -0.2) is 9.97 Å². The molecule has 45 heavy (non-hydrogen) atoms. The highest BCUT2D eigenvalue weighted by atomic mass is 16.4. The van der Waals surface area contributed by atoms with Crippen molar-refractivity contribution >= 4 is 65.4 Å². The number of fused-ring (bicyclic) bond motifs is 9. The molecule has 0 atom stereocenters. The fourth-order valence-corrected chi connectivity index (χ4v) is 6.47. The van der Waals surface area contributed by atoms with Crippen molar-refractivity contribution < 1.29 is 29.9 Å². The van der Waals surface area contributed by atoms with E-state index in [-0.39, 0.29) is 17.2 Å². The third-order valence-electron chi connectivity index (χ3n) is 8.53. The van der Waals surface area contributed by atoms with E-state index in [1.807, 2.05) is 59.2 Å². The predicted molar refractivity (Wildman–Crippen MR) is 172 cm³/mol. The average molecular weight is 592 g/mol. The van der Waals surface area contributed by atoms with Crippen LogP contribution in [0.15, 0.2) is 101 Å². The molecule has 9 heteroatoms. The molecule has 0 bridgehead atoms. The number of benzene rings is 6. The molecule has 3 aromatic heterocycles. The summed E-state index contributed by atoms with van der Waals surface area (Å²) in [5.74, 6) is -4.49. The molecular weight excluding hydrogens is 570 g/mol. The number of aromatic hydroxyl groups is 5. The van der Waals surface area contributed by atoms with Crippen LogP contribution in [-0.4, -0.2) is 40.1 Å². The summed E-state index contributed by atoms with van der Waals surface area (Å²) in [5, 5.41) is 59.0. The molecule has 0 amide bonds. The molecule has 9 aromatic rings. The smallest absolute Gasteiger partial charge is 0.235 e. The van der Waals surface area contributed by atoms with E-state index >= 15 is 0 Å². The maximum Gasteiger partial charge on any atom is 0.235 e. The monoisotopic (exact) mass is 591 g/mol. The minimum Gasteiger partial charge on any atom is -0.504 e. The van der Waals surface area contributed by atoms with Crippen molar-refractivity contribution in [3.63, 3.8) is 0 Å². The fraction of sp³-hybridized carbons (Fsp3) is 0. The van der Waals surface area contributed by atoms with E-state index in [1.54, 1.807) is 24.3 Å². The standard InChI is InChI=1S/C36H21N3O6/c40-31-28(32(41)34(43)35(44)33(31)42)29-20-9-3-5-11-23(20)37-36(38-29)39-24-16-18-8-2-1-7-17(18)15-22(24)19-13-14-26-27(30(19)39)21-10-4-6-12-25(21)45-26/h1-16,40-44H. The summed E-state index contributed by atoms with van der Waals surface area (Å²) >= 11 is 0. The maximum atomic E-state index is 11.0. The average Bonchev–Trinajstić information content (AvgIpc) is 3.60. The Hall–Kier alpha value is -6.48. The number of hydrogen-bond donors (Lipinski definition) is 5. The van der Waals surface area contributed by atoms with E-state index < -0.39 is 28.7 Å². The summed E-state index contributed by atoms with van der Waals surface area (Å²) in [6, 6.07) is 31.1. The van der Waals surface area contributed by atoms with Crippen molar-refractivity contribution in [1.82, 2.24) is 14.5 Å². The molecular formula is C36H21N3O6. The normalized spacial score (nSPS) is 12.0. The molecule has 5 N–H and O–H groups in total. The van der Waals surface area contributed by atoms with Gasteiger partial charge in [0.05, 0.1) is 33.2 Å². The zero-order valence-electron chi connectivity index (χ0n) is 23.2. The van der Waals surface area contributed by atoms with Gasteiger partial charge in [0.1, 0.15) is 11.2 Å². The number of para-hydroxylation sites is 2. The van der Waals surface area contributed by atoms with Gasteiger partial charge in [-0.05, 0) is 47.2 Å². The second-order valence-corrected chi connectivity index (χ2v) is 11.0. The van der Waals surface area contributed by atoms with Crippen LogP contribution in [0.2, 0.25) is 0 Å². The summed E-state index contributed by atoms with van der Waals surface area (Å²) in [4.78, 5) is 9.86. The number of furan rings is 1. The lowest BCUT2D eigenvalue weighted by Crippen LogP contribution is -2.04. The summed E-state index contributed by atoms with van der Waals surface area (Å²) in [5.41, 5.74) is 3.18. The highest BCUT2D eigenvalue weighted by Gasteiger charge is 2.28. The molecule has 0 aliphatic heterocycles. The highest BCUT2D eigenvalue weighted by Crippen LogP contribution is 2.55. The van der Waals surface area contributed by atoms with Crippen LogP contribution in [0.5, 0.6) is 28.7 Å². The first-order valence-electron chi connectivity index (χ1n) is 14.1. The molecule has 216 valence electrons. The van der Waals surface area contributed by atoms with Crippen LogP contribution in [0.25, 0.3) is 82.6 Å². The largest absolute Gasteiger partial charge is 0.504 e. The summed E-state index contributed by atoms with van der Waals surface area (Å²) < 4.78 is 8.19. The fourth-order valence-electron chi connectivity index (χ4n) is 6.47. The molecule has 0 aliphatic rings. The second kappa shape index (κ2) is 8.77. The molecule has 0 radical (unpaired) electrons. The number of phenols is 5. The van der Waals surface area contributed by atoms with E-state index in [1.165, 1.54) is 0 Å². The molecule has 0 fully saturated rings. The van der Waals surface area contributed by atoms with Crippen molar-refractivity contribution in [2.75, 3.05) is 0 Å². The SMILES string of the molecule is Oc1c(O)c(O)c(-c2nc(-n3c4cc5ccccc5cc4c4ccc5oc6ccccc6c5c43)nc3ccccc23)c(O)c1O. The lowest BCUT2D eigenvalue weighted by Gasteiger charge is -2.15. The van der Waals surface area contributed by atoms with Crippen LogP contribution < -0.4 is 0 Å². The molecule has 9 nitrogen and oxygen atoms in total. The lowest BCUT2D eigenvalue weighted by molar-refractivity contribution is 0.330. The van der Waals surface area contributed by atoms with Crippen molar-refractivity contribution in [2.45, 2.75) is 0 Å². The zero-order valence-corrected chi connectivity index (χ0v) is 23.2. The van der Waals surface area contributed by atoms with Crippen molar-refractivity contribution in [2.24, 2.45) is 0 Å². The number of phenolic OH excluding ortho intramolecular Hbond substituents is 5. The minimum atomic E-state index is -1.05. The maximum absolute atomic E-state index is 11.0. The van der Waals surface area contributed by atoms with Gasteiger partial charge in [-0.3, -0.25) is 4.57 Å². The molecule has 0 spiro atoms. The summed E-state index contributed by atoms with van der Waals surface area (Å²) in [6.07, 6.45) is 0. The first-order valence-corrected chi connectivity index (χ1v) is 14.1. The van der Waals surface area contributed by atoms with E-state index in [9.17, 15) is 25.5 Å². The van der Waals surface area contributed by atoms with Gasteiger partial charge in [-0.2, -0.15) is 0 Å². The Labute approximate surface area is 252 Å². The Morgan fingerprint density at radius 1 is 0.533 bits per heavy atom. The van der Waals surface area contributed by atoms with Gasteiger partial charge in [0.2, 0.25) is 23.2 Å². The Kier molecular flexibility index (Phi) is 4.89. The third-order valence-corrected chi connectivity index (χ3v) is 8.53. The first kappa shape index (κ1) is 25.1. The minimum absolute atomic E-state index is 0.0382. The molecule has 0 saturated heterocycles. The van der Waals surface area contributed by atoms with Crippen LogP contribution in [-0.2, 0) is 0 Å². The van der Waals surface area contributed by atoms with Crippen molar-refractivity contribution in [3.8, 4) is 46.0 Å². The van der Waals surface area contributed by atoms with Crippen LogP contribution in [0.3, 0.4) is 0 Å². The van der Waals surface area contributed by atoms with Gasteiger partial charge in [-0.15, -0.1) is 0 Å². The Bertz CT molecular complexity index is 2700. The Morgan fingerprint density at radius 2 is 1.18 bits per heavy atom. The van der Waals surface area contributed by atoms with Gasteiger partial charge in [0.25, 0.3) is 0 Å². The van der Waals surface area contributed by atoms with Crippen molar-refractivity contribution in [3.05, 3.63) is 97.1 Å². The number of hydrogen-bond acceptors (Lipinski definition) is 8. The van der Waals surface area contributed by atoms with Gasteiger partial charge >= 0.3 is 0 Å². The Morgan fingerprint density at radius 3 is 1.96 bits per heavy atom. The molecule has 3 heterocycles. The summed E-state index contributed by atoms with van der Waals surface area (Å²) in [6.45, 7) is 0. The number of rotatable bonds is 2. The topological polar surface area (TPSA) is 145 Å². The van der Waals surface area contributed by atoms with E-state index in [4.69, 9.17) is 14.4 Å². The zero-order chi connectivity index (χ0) is 30.6. The van der Waals surface area contributed by atoms with Gasteiger partial charge < -0.3 is 29.9 Å². The number of aromatic nitrogens is 3. The van der Waals surface area contributed by atoms with Crippen LogP contribution in [0, 0.1) is 0 Å². The van der Waals surface area contributed by atoms with Gasteiger partial charge in [0.15, 0.2) is 11.5 Å². The second-order valence-electron chi connectivity index (χ2n) is 11.0. The lowest BCUT2D eigenvalue weighted by atomic mass is 10.0. The van der Waals surface area contributed by atoms with Gasteiger partial charge in [-0.1, -0.05) is 60.7 Å². The summed E-state index contributed by atoms with van der Waals surface area (Å²) in [7, 11) is 0. The molecule has 0 saturated carbocycles. The van der Waals surface area contributed by atoms with E-state index in [2.05, 4.69) is 18.2 Å². The number of nitrogens with zero attached hydrogens (tertiary/aromatic N) is 3. The van der Waals surface area contributed by atoms with Crippen molar-refractivity contribution in [1.29, 1.82) is 0 Å². The predicted octanol–water partition coefficient (Wildman–Crippen LogP) is 7.97. The third kappa shape index (κ3) is 3.31. The highest BCUT2D eigenvalue weighted by molar-refractivity contribution is 6.25. The van der Waals surface area contributed by atoms with Gasteiger partial charge in [0, 0.05) is 21.5 Å². The van der Waals surface area contributed by atoms with Crippen LogP contribution in [0.1, 0.15) is 0 Å². The molecule has 0 aliphatic carbocycles. The molecule has 9 rings (SSSR count). The Balaban J connectivity index is 1.51. The van der Waals surface area contributed by atoms with E-state index in [0.717, 1.165) is 48.9 Å². The van der Waals surface area contributed by atoms with Crippen LogP contribution >= 0.6 is 0 Å². The first-order chi connectivity index (χ1) is 21.9. The molecule has 6 aromatic carbocycles. The quantitative estimate of drug-likeness (QED) is 0.101. The van der Waals surface area contributed by atoms with E-state index in [0.29, 0.717) is 16.5 Å². The van der Waals surface area contributed by atoms with Crippen LogP contribution in [0.4, 0.5) is 0 Å².